The number of rotatable bonds is 7. The number of nitrogens with one attached hydrogen (secondary N) is 1. The quantitative estimate of drug-likeness (QED) is 0.535. The molecule has 0 saturated heterocycles. The van der Waals surface area contributed by atoms with Gasteiger partial charge in [-0.2, -0.15) is 0 Å². The van der Waals surface area contributed by atoms with Crippen molar-refractivity contribution >= 4 is 27.5 Å². The van der Waals surface area contributed by atoms with Gasteiger partial charge >= 0.3 is 0 Å². The summed E-state index contributed by atoms with van der Waals surface area (Å²) in [5, 5.41) is 12.4. The van der Waals surface area contributed by atoms with E-state index >= 15 is 0 Å². The molecule has 0 fully saturated rings. The van der Waals surface area contributed by atoms with Crippen LogP contribution < -0.4 is 11.1 Å². The number of unbranched alkanes of at least 4 members (excludes halogenated alkanes) is 3. The smallest absolute Gasteiger partial charge is 0.224 e. The summed E-state index contributed by atoms with van der Waals surface area (Å²) in [5.41, 5.74) is 5.83. The van der Waals surface area contributed by atoms with E-state index in [1.54, 1.807) is 18.2 Å². The zero-order valence-corrected chi connectivity index (χ0v) is 11.9. The Hall–Kier alpha value is -1.07. The highest BCUT2D eigenvalue weighted by molar-refractivity contribution is 9.10. The van der Waals surface area contributed by atoms with E-state index < -0.39 is 0 Å². The highest BCUT2D eigenvalue weighted by atomic mass is 79.9. The zero-order valence-electron chi connectivity index (χ0n) is 10.3. The average molecular weight is 315 g/mol. The summed E-state index contributed by atoms with van der Waals surface area (Å²) >= 11 is 3.20. The van der Waals surface area contributed by atoms with Gasteiger partial charge in [0.15, 0.2) is 5.75 Å². The van der Waals surface area contributed by atoms with Crippen molar-refractivity contribution in [2.45, 2.75) is 32.1 Å². The number of nitrogens with two attached hydrogens (primary N) is 1. The Bertz CT molecular complexity index is 397. The van der Waals surface area contributed by atoms with E-state index in [9.17, 15) is 9.90 Å². The third-order valence-corrected chi connectivity index (χ3v) is 3.26. The van der Waals surface area contributed by atoms with Gasteiger partial charge in [-0.1, -0.05) is 18.9 Å². The topological polar surface area (TPSA) is 75.4 Å². The first-order valence-electron chi connectivity index (χ1n) is 6.12. The molecule has 0 aliphatic carbocycles. The van der Waals surface area contributed by atoms with E-state index in [4.69, 9.17) is 5.73 Å². The number of hydrogen-bond donors (Lipinski definition) is 3. The van der Waals surface area contributed by atoms with Crippen molar-refractivity contribution in [3.63, 3.8) is 0 Å². The van der Waals surface area contributed by atoms with Crippen LogP contribution in [0.5, 0.6) is 5.75 Å². The molecule has 0 aromatic heterocycles. The molecule has 0 bridgehead atoms. The van der Waals surface area contributed by atoms with Crippen LogP contribution in [0, 0.1) is 0 Å². The van der Waals surface area contributed by atoms with Crippen LogP contribution >= 0.6 is 15.9 Å². The fourth-order valence-corrected chi connectivity index (χ4v) is 1.98. The first kappa shape index (κ1) is 15.0. The fourth-order valence-electron chi connectivity index (χ4n) is 1.61. The van der Waals surface area contributed by atoms with Crippen molar-refractivity contribution in [2.24, 2.45) is 5.73 Å². The van der Waals surface area contributed by atoms with Gasteiger partial charge in [-0.15, -0.1) is 0 Å². The molecule has 0 unspecified atom stereocenters. The van der Waals surface area contributed by atoms with Gasteiger partial charge in [0.25, 0.3) is 0 Å². The SMILES string of the molecule is NCCCCCCC(=O)Nc1cccc(Br)c1O. The Morgan fingerprint density at radius 3 is 2.72 bits per heavy atom. The molecule has 4 N–H and O–H groups in total. The second-order valence-corrected chi connectivity index (χ2v) is 4.99. The number of halogens is 1. The van der Waals surface area contributed by atoms with Gasteiger partial charge in [0.05, 0.1) is 10.2 Å². The molecule has 0 spiro atoms. The molecule has 1 rings (SSSR count). The number of carbonyl (C=O) groups is 1. The molecular weight excluding hydrogens is 296 g/mol. The lowest BCUT2D eigenvalue weighted by atomic mass is 10.1. The van der Waals surface area contributed by atoms with Crippen molar-refractivity contribution in [1.82, 2.24) is 0 Å². The molecule has 0 radical (unpaired) electrons. The maximum absolute atomic E-state index is 11.6. The second kappa shape index (κ2) is 8.11. The number of phenolic OH excluding ortho intramolecular Hbond substituents is 1. The highest BCUT2D eigenvalue weighted by Gasteiger charge is 2.08. The monoisotopic (exact) mass is 314 g/mol. The lowest BCUT2D eigenvalue weighted by Gasteiger charge is -2.08. The third kappa shape index (κ3) is 5.06. The van der Waals surface area contributed by atoms with Gasteiger partial charge in [-0.25, -0.2) is 0 Å². The maximum Gasteiger partial charge on any atom is 0.224 e. The zero-order chi connectivity index (χ0) is 13.4. The number of benzene rings is 1. The molecule has 5 heteroatoms. The molecule has 0 heterocycles. The Labute approximate surface area is 116 Å². The van der Waals surface area contributed by atoms with Gasteiger partial charge in [0.2, 0.25) is 5.91 Å². The normalized spacial score (nSPS) is 10.3. The first-order chi connectivity index (χ1) is 8.65. The van der Waals surface area contributed by atoms with E-state index in [1.165, 1.54) is 0 Å². The first-order valence-corrected chi connectivity index (χ1v) is 6.92. The molecule has 1 amide bonds. The van der Waals surface area contributed by atoms with Gasteiger partial charge < -0.3 is 16.2 Å². The minimum Gasteiger partial charge on any atom is -0.505 e. The minimum absolute atomic E-state index is 0.0639. The summed E-state index contributed by atoms with van der Waals surface area (Å²) in [5.74, 6) is -0.00914. The van der Waals surface area contributed by atoms with Crippen LogP contribution in [-0.4, -0.2) is 17.6 Å². The highest BCUT2D eigenvalue weighted by Crippen LogP contribution is 2.31. The van der Waals surface area contributed by atoms with E-state index in [-0.39, 0.29) is 11.7 Å². The van der Waals surface area contributed by atoms with E-state index in [1.807, 2.05) is 0 Å². The summed E-state index contributed by atoms with van der Waals surface area (Å²) in [6.07, 6.45) is 4.40. The van der Waals surface area contributed by atoms with E-state index in [0.29, 0.717) is 23.1 Å². The fraction of sp³-hybridized carbons (Fsp3) is 0.462. The molecule has 0 aliphatic rings. The van der Waals surface area contributed by atoms with Crippen LogP contribution in [0.15, 0.2) is 22.7 Å². The Kier molecular flexibility index (Phi) is 6.75. The van der Waals surface area contributed by atoms with Crippen molar-refractivity contribution in [3.8, 4) is 5.75 Å². The maximum atomic E-state index is 11.6. The average Bonchev–Trinajstić information content (AvgIpc) is 2.35. The van der Waals surface area contributed by atoms with E-state index in [2.05, 4.69) is 21.2 Å². The molecule has 18 heavy (non-hydrogen) atoms. The summed E-state index contributed by atoms with van der Waals surface area (Å²) in [6.45, 7) is 0.706. The summed E-state index contributed by atoms with van der Waals surface area (Å²) < 4.78 is 0.572. The van der Waals surface area contributed by atoms with Crippen molar-refractivity contribution in [3.05, 3.63) is 22.7 Å². The van der Waals surface area contributed by atoms with Crippen LogP contribution in [0.1, 0.15) is 32.1 Å². The lowest BCUT2D eigenvalue weighted by molar-refractivity contribution is -0.116. The molecule has 1 aromatic rings. The summed E-state index contributed by atoms with van der Waals surface area (Å²) in [7, 11) is 0. The molecule has 100 valence electrons. The van der Waals surface area contributed by atoms with Gasteiger partial charge in [-0.3, -0.25) is 4.79 Å². The number of hydrogen-bond acceptors (Lipinski definition) is 3. The van der Waals surface area contributed by atoms with Gasteiger partial charge in [-0.05, 0) is 47.4 Å². The Balaban J connectivity index is 2.34. The lowest BCUT2D eigenvalue weighted by Crippen LogP contribution is -2.11. The van der Waals surface area contributed by atoms with Crippen molar-refractivity contribution in [1.29, 1.82) is 0 Å². The number of amides is 1. The molecular formula is C13H19BrN2O2. The second-order valence-electron chi connectivity index (χ2n) is 4.14. The predicted molar refractivity (Wildman–Crippen MR) is 76.6 cm³/mol. The molecule has 4 nitrogen and oxygen atoms in total. The van der Waals surface area contributed by atoms with Crippen LogP contribution in [0.25, 0.3) is 0 Å². The number of para-hydroxylation sites is 1. The van der Waals surface area contributed by atoms with Crippen LogP contribution in [0.2, 0.25) is 0 Å². The van der Waals surface area contributed by atoms with Crippen LogP contribution in [0.3, 0.4) is 0 Å². The van der Waals surface area contributed by atoms with Crippen molar-refractivity contribution in [2.75, 3.05) is 11.9 Å². The number of anilines is 1. The molecule has 0 aliphatic heterocycles. The predicted octanol–water partition coefficient (Wildman–Crippen LogP) is 3.00. The van der Waals surface area contributed by atoms with E-state index in [0.717, 1.165) is 25.7 Å². The third-order valence-electron chi connectivity index (χ3n) is 2.62. The largest absolute Gasteiger partial charge is 0.505 e. The Morgan fingerprint density at radius 2 is 2.00 bits per heavy atom. The number of carbonyl (C=O) groups excluding carboxylic acids is 1. The number of aromatic hydroxyl groups is 1. The van der Waals surface area contributed by atoms with Crippen molar-refractivity contribution < 1.29 is 9.90 Å². The molecule has 1 aromatic carbocycles. The van der Waals surface area contributed by atoms with Gasteiger partial charge in [0, 0.05) is 6.42 Å². The number of phenols is 1. The standard InChI is InChI=1S/C13H19BrN2O2/c14-10-6-5-7-11(13(10)18)16-12(17)8-3-1-2-4-9-15/h5-7,18H,1-4,8-9,15H2,(H,16,17). The molecule has 0 saturated carbocycles. The molecule has 0 atom stereocenters. The van der Waals surface area contributed by atoms with Gasteiger partial charge in [0.1, 0.15) is 0 Å². The summed E-state index contributed by atoms with van der Waals surface area (Å²) in [4.78, 5) is 11.6. The van der Waals surface area contributed by atoms with Crippen LogP contribution in [-0.2, 0) is 4.79 Å². The Morgan fingerprint density at radius 1 is 1.28 bits per heavy atom. The van der Waals surface area contributed by atoms with Crippen LogP contribution in [0.4, 0.5) is 5.69 Å². The minimum atomic E-state index is -0.0730. The summed E-state index contributed by atoms with van der Waals surface area (Å²) in [6, 6.07) is 5.16.